The molecule has 3 rings (SSSR count). The van der Waals surface area contributed by atoms with Crippen LogP contribution in [0.3, 0.4) is 0 Å². The molecule has 1 saturated heterocycles. The van der Waals surface area contributed by atoms with E-state index in [0.717, 1.165) is 40.6 Å². The lowest BCUT2D eigenvalue weighted by Gasteiger charge is -2.11. The minimum atomic E-state index is 0.864. The summed E-state index contributed by atoms with van der Waals surface area (Å²) in [4.78, 5) is 7.01. The number of nitrogens with one attached hydrogen (secondary N) is 1. The minimum Gasteiger partial charge on any atom is -0.360 e. The van der Waals surface area contributed by atoms with E-state index in [1.165, 1.54) is 12.8 Å². The van der Waals surface area contributed by atoms with Crippen molar-refractivity contribution in [3.63, 3.8) is 0 Å². The fourth-order valence-electron chi connectivity index (χ4n) is 1.97. The van der Waals surface area contributed by atoms with E-state index in [0.29, 0.717) is 0 Å². The molecule has 0 spiro atoms. The third kappa shape index (κ3) is 2.32. The molecule has 2 aromatic heterocycles. The molecule has 0 amide bonds. The van der Waals surface area contributed by atoms with Gasteiger partial charge in [-0.25, -0.2) is 4.98 Å². The molecule has 3 heterocycles. The molecule has 96 valence electrons. The van der Waals surface area contributed by atoms with Crippen molar-refractivity contribution in [2.75, 3.05) is 29.9 Å². The highest BCUT2D eigenvalue weighted by Crippen LogP contribution is 2.31. The Balaban J connectivity index is 1.78. The van der Waals surface area contributed by atoms with E-state index >= 15 is 0 Å². The van der Waals surface area contributed by atoms with Crippen molar-refractivity contribution in [3.8, 4) is 10.7 Å². The third-order valence-electron chi connectivity index (χ3n) is 2.84. The van der Waals surface area contributed by atoms with Crippen LogP contribution in [0.5, 0.6) is 0 Å². The predicted molar refractivity (Wildman–Crippen MR) is 76.6 cm³/mol. The molecule has 5 nitrogen and oxygen atoms in total. The quantitative estimate of drug-likeness (QED) is 0.934. The maximum absolute atomic E-state index is 4.66. The van der Waals surface area contributed by atoms with Crippen LogP contribution in [-0.2, 0) is 0 Å². The first-order valence-electron chi connectivity index (χ1n) is 6.15. The standard InChI is InChI=1S/C11H15N5S2/c1-2-12-10-15-14-9(18-10)8-7-17-11(13-8)16-5-3-4-6-16/h7H,2-6H2,1H3,(H,12,15). The molecule has 0 bridgehead atoms. The lowest BCUT2D eigenvalue weighted by Crippen LogP contribution is -2.17. The van der Waals surface area contributed by atoms with Gasteiger partial charge in [0, 0.05) is 25.0 Å². The van der Waals surface area contributed by atoms with E-state index in [-0.39, 0.29) is 0 Å². The lowest BCUT2D eigenvalue weighted by atomic mass is 10.4. The fraction of sp³-hybridized carbons (Fsp3) is 0.545. The second-order valence-electron chi connectivity index (χ2n) is 4.15. The van der Waals surface area contributed by atoms with Crippen molar-refractivity contribution < 1.29 is 0 Å². The van der Waals surface area contributed by atoms with Gasteiger partial charge in [-0.3, -0.25) is 0 Å². The Labute approximate surface area is 114 Å². The Morgan fingerprint density at radius 2 is 2.17 bits per heavy atom. The van der Waals surface area contributed by atoms with Crippen LogP contribution in [0.2, 0.25) is 0 Å². The van der Waals surface area contributed by atoms with Gasteiger partial charge in [0.25, 0.3) is 0 Å². The summed E-state index contributed by atoms with van der Waals surface area (Å²) in [6.45, 7) is 5.18. The highest BCUT2D eigenvalue weighted by Gasteiger charge is 2.17. The van der Waals surface area contributed by atoms with Gasteiger partial charge in [-0.1, -0.05) is 11.3 Å². The minimum absolute atomic E-state index is 0.864. The summed E-state index contributed by atoms with van der Waals surface area (Å²) in [6.07, 6.45) is 2.55. The molecule has 0 saturated carbocycles. The van der Waals surface area contributed by atoms with Gasteiger partial charge in [-0.05, 0) is 19.8 Å². The van der Waals surface area contributed by atoms with Crippen LogP contribution in [0.15, 0.2) is 5.38 Å². The Hall–Kier alpha value is -1.21. The van der Waals surface area contributed by atoms with E-state index < -0.39 is 0 Å². The summed E-state index contributed by atoms with van der Waals surface area (Å²) < 4.78 is 0. The number of nitrogens with zero attached hydrogens (tertiary/aromatic N) is 4. The average Bonchev–Trinajstić information content (AvgIpc) is 3.10. The molecule has 1 aliphatic rings. The predicted octanol–water partition coefficient (Wildman–Crippen LogP) is 2.69. The smallest absolute Gasteiger partial charge is 0.206 e. The zero-order chi connectivity index (χ0) is 12.4. The van der Waals surface area contributed by atoms with E-state index in [2.05, 4.69) is 37.7 Å². The van der Waals surface area contributed by atoms with E-state index in [4.69, 9.17) is 0 Å². The number of thiazole rings is 1. The van der Waals surface area contributed by atoms with E-state index in [1.807, 2.05) is 0 Å². The molecule has 7 heteroatoms. The van der Waals surface area contributed by atoms with Gasteiger partial charge in [0.15, 0.2) is 10.1 Å². The summed E-state index contributed by atoms with van der Waals surface area (Å²) in [5.41, 5.74) is 0.948. The second-order valence-corrected chi connectivity index (χ2v) is 5.97. The molecule has 18 heavy (non-hydrogen) atoms. The number of anilines is 2. The van der Waals surface area contributed by atoms with Gasteiger partial charge in [-0.15, -0.1) is 21.5 Å². The first-order valence-corrected chi connectivity index (χ1v) is 7.84. The molecule has 1 N–H and O–H groups in total. The third-order valence-corrected chi connectivity index (χ3v) is 4.65. The van der Waals surface area contributed by atoms with Crippen molar-refractivity contribution in [2.45, 2.75) is 19.8 Å². The summed E-state index contributed by atoms with van der Waals surface area (Å²) >= 11 is 3.26. The van der Waals surface area contributed by atoms with Crippen LogP contribution < -0.4 is 10.2 Å². The highest BCUT2D eigenvalue weighted by atomic mass is 32.1. The number of aromatic nitrogens is 3. The van der Waals surface area contributed by atoms with Crippen molar-refractivity contribution >= 4 is 32.9 Å². The van der Waals surface area contributed by atoms with Gasteiger partial charge in [0.1, 0.15) is 5.69 Å². The maximum Gasteiger partial charge on any atom is 0.206 e. The summed E-state index contributed by atoms with van der Waals surface area (Å²) in [5.74, 6) is 0. The van der Waals surface area contributed by atoms with E-state index in [9.17, 15) is 0 Å². The van der Waals surface area contributed by atoms with Gasteiger partial charge in [0.05, 0.1) is 0 Å². The van der Waals surface area contributed by atoms with Crippen LogP contribution >= 0.6 is 22.7 Å². The Morgan fingerprint density at radius 1 is 1.33 bits per heavy atom. The van der Waals surface area contributed by atoms with Crippen LogP contribution in [0, 0.1) is 0 Å². The number of rotatable bonds is 4. The Morgan fingerprint density at radius 3 is 2.94 bits per heavy atom. The molecule has 0 aromatic carbocycles. The van der Waals surface area contributed by atoms with Gasteiger partial charge in [0.2, 0.25) is 5.13 Å². The van der Waals surface area contributed by atoms with Crippen LogP contribution in [0.4, 0.5) is 10.3 Å². The first-order chi connectivity index (χ1) is 8.86. The first kappa shape index (κ1) is 11.9. The molecular weight excluding hydrogens is 266 g/mol. The van der Waals surface area contributed by atoms with Crippen LogP contribution in [0.1, 0.15) is 19.8 Å². The lowest BCUT2D eigenvalue weighted by molar-refractivity contribution is 0.949. The molecule has 1 fully saturated rings. The molecule has 0 atom stereocenters. The maximum atomic E-state index is 4.66. The van der Waals surface area contributed by atoms with Crippen molar-refractivity contribution in [1.29, 1.82) is 0 Å². The van der Waals surface area contributed by atoms with Crippen molar-refractivity contribution in [3.05, 3.63) is 5.38 Å². The largest absolute Gasteiger partial charge is 0.360 e. The normalized spacial score (nSPS) is 15.3. The van der Waals surface area contributed by atoms with Gasteiger partial charge in [-0.2, -0.15) is 0 Å². The summed E-state index contributed by atoms with van der Waals surface area (Å²) in [6, 6.07) is 0. The molecular formula is C11H15N5S2. The van der Waals surface area contributed by atoms with Gasteiger partial charge >= 0.3 is 0 Å². The van der Waals surface area contributed by atoms with Crippen LogP contribution in [-0.4, -0.2) is 34.8 Å². The summed E-state index contributed by atoms with van der Waals surface area (Å²) in [7, 11) is 0. The Kier molecular flexibility index (Phi) is 3.42. The number of hydrogen-bond acceptors (Lipinski definition) is 7. The topological polar surface area (TPSA) is 53.9 Å². The SMILES string of the molecule is CCNc1nnc(-c2csc(N3CCCC3)n2)s1. The zero-order valence-electron chi connectivity index (χ0n) is 10.2. The zero-order valence-corrected chi connectivity index (χ0v) is 11.9. The molecule has 2 aromatic rings. The number of hydrogen-bond donors (Lipinski definition) is 1. The molecule has 0 aliphatic carbocycles. The Bertz CT molecular complexity index is 515. The molecule has 0 radical (unpaired) electrons. The molecule has 0 unspecified atom stereocenters. The summed E-state index contributed by atoms with van der Waals surface area (Å²) in [5, 5.41) is 16.4. The van der Waals surface area contributed by atoms with Crippen molar-refractivity contribution in [1.82, 2.24) is 15.2 Å². The fourth-order valence-corrected chi connectivity index (χ4v) is 3.68. The van der Waals surface area contributed by atoms with E-state index in [1.54, 1.807) is 22.7 Å². The molecule has 1 aliphatic heterocycles. The van der Waals surface area contributed by atoms with Gasteiger partial charge < -0.3 is 10.2 Å². The second kappa shape index (κ2) is 5.19. The highest BCUT2D eigenvalue weighted by molar-refractivity contribution is 7.19. The van der Waals surface area contributed by atoms with Crippen molar-refractivity contribution in [2.24, 2.45) is 0 Å². The van der Waals surface area contributed by atoms with Crippen LogP contribution in [0.25, 0.3) is 10.7 Å². The monoisotopic (exact) mass is 281 g/mol. The average molecular weight is 281 g/mol.